The van der Waals surface area contributed by atoms with Crippen molar-refractivity contribution < 1.29 is 12.8 Å². The molecule has 114 valence electrons. The molecule has 20 heavy (non-hydrogen) atoms. The molecule has 0 bridgehead atoms. The van der Waals surface area contributed by atoms with E-state index in [0.717, 1.165) is 6.07 Å². The predicted octanol–water partition coefficient (Wildman–Crippen LogP) is 1.17. The molecule has 0 amide bonds. The van der Waals surface area contributed by atoms with E-state index in [1.54, 1.807) is 0 Å². The normalized spacial score (nSPS) is 13.8. The molecule has 1 aromatic carbocycles. The van der Waals surface area contributed by atoms with E-state index in [1.165, 1.54) is 6.07 Å². The monoisotopic (exact) mass is 323 g/mol. The molecular formula is C12H19ClFN3O2S. The van der Waals surface area contributed by atoms with Crippen LogP contribution < -0.4 is 10.5 Å². The van der Waals surface area contributed by atoms with Crippen molar-refractivity contribution in [2.75, 3.05) is 20.6 Å². The van der Waals surface area contributed by atoms with Gasteiger partial charge >= 0.3 is 0 Å². The van der Waals surface area contributed by atoms with Crippen molar-refractivity contribution in [2.45, 2.75) is 24.4 Å². The Morgan fingerprint density at radius 1 is 1.45 bits per heavy atom. The van der Waals surface area contributed by atoms with Crippen LogP contribution in [0.4, 0.5) is 4.39 Å². The second-order valence-corrected chi connectivity index (χ2v) is 6.92. The number of nitrogens with zero attached hydrogens (tertiary/aromatic N) is 1. The van der Waals surface area contributed by atoms with Crippen molar-refractivity contribution in [3.63, 3.8) is 0 Å². The van der Waals surface area contributed by atoms with Crippen molar-refractivity contribution in [1.82, 2.24) is 9.62 Å². The number of nitrogens with one attached hydrogen (secondary N) is 1. The Bertz CT molecular complexity index is 578. The highest BCUT2D eigenvalue weighted by Crippen LogP contribution is 2.23. The van der Waals surface area contributed by atoms with Crippen LogP contribution in [0.25, 0.3) is 0 Å². The largest absolute Gasteiger partial charge is 0.326 e. The quantitative estimate of drug-likeness (QED) is 0.824. The van der Waals surface area contributed by atoms with Gasteiger partial charge in [0, 0.05) is 29.7 Å². The van der Waals surface area contributed by atoms with Crippen molar-refractivity contribution in [3.8, 4) is 0 Å². The summed E-state index contributed by atoms with van der Waals surface area (Å²) < 4.78 is 40.7. The Kier molecular flexibility index (Phi) is 5.91. The van der Waals surface area contributed by atoms with Crippen LogP contribution >= 0.6 is 11.6 Å². The Morgan fingerprint density at radius 2 is 2.05 bits per heavy atom. The average Bonchev–Trinajstić information content (AvgIpc) is 2.37. The third kappa shape index (κ3) is 4.13. The zero-order valence-corrected chi connectivity index (χ0v) is 13.2. The molecule has 0 heterocycles. The summed E-state index contributed by atoms with van der Waals surface area (Å²) in [6.45, 7) is 1.89. The smallest absolute Gasteiger partial charge is 0.243 e. The van der Waals surface area contributed by atoms with E-state index in [0.29, 0.717) is 0 Å². The molecule has 1 rings (SSSR count). The Balaban J connectivity index is 3.07. The van der Waals surface area contributed by atoms with Crippen molar-refractivity contribution in [2.24, 2.45) is 5.73 Å². The minimum atomic E-state index is -3.97. The van der Waals surface area contributed by atoms with E-state index >= 15 is 0 Å². The van der Waals surface area contributed by atoms with E-state index < -0.39 is 20.7 Å². The number of likely N-dealkylation sites (N-methyl/N-ethyl adjacent to an activating group) is 1. The fraction of sp³-hybridized carbons (Fsp3) is 0.500. The van der Waals surface area contributed by atoms with E-state index in [9.17, 15) is 12.8 Å². The highest BCUT2D eigenvalue weighted by Gasteiger charge is 2.22. The molecule has 0 radical (unpaired) electrons. The predicted molar refractivity (Wildman–Crippen MR) is 77.6 cm³/mol. The van der Waals surface area contributed by atoms with Gasteiger partial charge in [-0.15, -0.1) is 0 Å². The maximum Gasteiger partial charge on any atom is 0.243 e. The highest BCUT2D eigenvalue weighted by molar-refractivity contribution is 7.89. The van der Waals surface area contributed by atoms with Gasteiger partial charge < -0.3 is 10.6 Å². The van der Waals surface area contributed by atoms with Crippen LogP contribution in [-0.2, 0) is 16.6 Å². The number of hydrogen-bond acceptors (Lipinski definition) is 4. The molecule has 0 aliphatic heterocycles. The van der Waals surface area contributed by atoms with Gasteiger partial charge in [-0.25, -0.2) is 17.5 Å². The second-order valence-electron chi connectivity index (χ2n) is 4.75. The summed E-state index contributed by atoms with van der Waals surface area (Å²) in [6.07, 6.45) is 0. The molecular weight excluding hydrogens is 305 g/mol. The summed E-state index contributed by atoms with van der Waals surface area (Å²) in [5.41, 5.74) is 5.44. The van der Waals surface area contributed by atoms with Gasteiger partial charge in [-0.1, -0.05) is 11.6 Å². The lowest BCUT2D eigenvalue weighted by Gasteiger charge is -2.20. The molecule has 0 aliphatic rings. The summed E-state index contributed by atoms with van der Waals surface area (Å²) in [4.78, 5) is 1.37. The molecule has 1 aromatic rings. The lowest BCUT2D eigenvalue weighted by atomic mass is 10.2. The third-order valence-corrected chi connectivity index (χ3v) is 4.68. The number of benzene rings is 1. The number of nitrogens with two attached hydrogens (primary N) is 1. The summed E-state index contributed by atoms with van der Waals surface area (Å²) in [6, 6.07) is 2.37. The van der Waals surface area contributed by atoms with Crippen LogP contribution in [0.15, 0.2) is 17.0 Å². The Labute approximate surface area is 124 Å². The molecule has 0 aliphatic carbocycles. The third-order valence-electron chi connectivity index (χ3n) is 3.04. The Hall–Kier alpha value is -0.730. The average molecular weight is 324 g/mol. The maximum absolute atomic E-state index is 14.1. The van der Waals surface area contributed by atoms with Gasteiger partial charge in [0.1, 0.15) is 10.7 Å². The van der Waals surface area contributed by atoms with Crippen molar-refractivity contribution in [1.29, 1.82) is 0 Å². The standard InChI is InChI=1S/C12H19ClFN3O2S/c1-8(17(2)3)7-16-20(18,19)11-5-10(13)4-9(6-15)12(11)14/h4-5,8,16H,6-7,15H2,1-3H3. The first-order valence-electron chi connectivity index (χ1n) is 6.03. The van der Waals surface area contributed by atoms with Gasteiger partial charge in [0.15, 0.2) is 0 Å². The van der Waals surface area contributed by atoms with E-state index in [-0.39, 0.29) is 29.7 Å². The minimum Gasteiger partial charge on any atom is -0.326 e. The number of halogens is 2. The lowest BCUT2D eigenvalue weighted by molar-refractivity contribution is 0.313. The van der Waals surface area contributed by atoms with Crippen LogP contribution in [-0.4, -0.2) is 40.0 Å². The van der Waals surface area contributed by atoms with Crippen molar-refractivity contribution in [3.05, 3.63) is 28.5 Å². The molecule has 1 atom stereocenters. The Morgan fingerprint density at radius 3 is 2.55 bits per heavy atom. The van der Waals surface area contributed by atoms with Gasteiger partial charge in [-0.2, -0.15) is 0 Å². The first-order chi connectivity index (χ1) is 9.19. The molecule has 5 nitrogen and oxygen atoms in total. The van der Waals surface area contributed by atoms with Crippen molar-refractivity contribution >= 4 is 21.6 Å². The number of sulfonamides is 1. The molecule has 0 spiro atoms. The zero-order valence-electron chi connectivity index (χ0n) is 11.7. The lowest BCUT2D eigenvalue weighted by Crippen LogP contribution is -2.38. The molecule has 0 aromatic heterocycles. The highest BCUT2D eigenvalue weighted by atomic mass is 35.5. The fourth-order valence-electron chi connectivity index (χ4n) is 1.45. The molecule has 1 unspecified atom stereocenters. The SMILES string of the molecule is CC(CNS(=O)(=O)c1cc(Cl)cc(CN)c1F)N(C)C. The van der Waals surface area contributed by atoms with Crippen LogP contribution in [0.5, 0.6) is 0 Å². The van der Waals surface area contributed by atoms with Crippen LogP contribution in [0.3, 0.4) is 0 Å². The van der Waals surface area contributed by atoms with Gasteiger partial charge in [-0.3, -0.25) is 0 Å². The number of rotatable bonds is 6. The van der Waals surface area contributed by atoms with Crippen LogP contribution in [0, 0.1) is 5.82 Å². The van der Waals surface area contributed by atoms with E-state index in [4.69, 9.17) is 17.3 Å². The van der Waals surface area contributed by atoms with E-state index in [1.807, 2.05) is 25.9 Å². The zero-order chi connectivity index (χ0) is 15.5. The maximum atomic E-state index is 14.1. The first-order valence-corrected chi connectivity index (χ1v) is 7.89. The van der Waals surface area contributed by atoms with Crippen LogP contribution in [0.2, 0.25) is 5.02 Å². The molecule has 8 heteroatoms. The van der Waals surface area contributed by atoms with Gasteiger partial charge in [0.2, 0.25) is 10.0 Å². The molecule has 3 N–H and O–H groups in total. The number of hydrogen-bond donors (Lipinski definition) is 2. The second kappa shape index (κ2) is 6.82. The van der Waals surface area contributed by atoms with Crippen LogP contribution in [0.1, 0.15) is 12.5 Å². The van der Waals surface area contributed by atoms with Gasteiger partial charge in [0.05, 0.1) is 0 Å². The molecule has 0 fully saturated rings. The summed E-state index contributed by atoms with van der Waals surface area (Å²) in [7, 11) is -0.317. The summed E-state index contributed by atoms with van der Waals surface area (Å²) >= 11 is 5.80. The van der Waals surface area contributed by atoms with Gasteiger partial charge in [-0.05, 0) is 33.2 Å². The fourth-order valence-corrected chi connectivity index (χ4v) is 3.02. The topological polar surface area (TPSA) is 75.4 Å². The van der Waals surface area contributed by atoms with Gasteiger partial charge in [0.25, 0.3) is 0 Å². The molecule has 0 saturated heterocycles. The van der Waals surface area contributed by atoms with E-state index in [2.05, 4.69) is 4.72 Å². The summed E-state index contributed by atoms with van der Waals surface area (Å²) in [5, 5.41) is 0.132. The minimum absolute atomic E-state index is 0.0269. The summed E-state index contributed by atoms with van der Waals surface area (Å²) in [5.74, 6) is -0.859. The molecule has 0 saturated carbocycles. The first kappa shape index (κ1) is 17.3.